The summed E-state index contributed by atoms with van der Waals surface area (Å²) in [7, 11) is 1.24. The van der Waals surface area contributed by atoms with Crippen LogP contribution in [0, 0.1) is 10.8 Å². The van der Waals surface area contributed by atoms with Crippen LogP contribution in [0.15, 0.2) is 5.29 Å². The third kappa shape index (κ3) is 8.39. The van der Waals surface area contributed by atoms with E-state index in [-0.39, 0.29) is 18.3 Å². The van der Waals surface area contributed by atoms with Gasteiger partial charge in [-0.1, -0.05) is 13.8 Å². The van der Waals surface area contributed by atoms with Crippen molar-refractivity contribution < 1.29 is 19.1 Å². The van der Waals surface area contributed by atoms with E-state index in [4.69, 9.17) is 11.6 Å². The van der Waals surface area contributed by atoms with Crippen molar-refractivity contribution in [3.05, 3.63) is 4.91 Å². The first kappa shape index (κ1) is 23.4. The van der Waals surface area contributed by atoms with Crippen molar-refractivity contribution in [3.63, 3.8) is 0 Å². The summed E-state index contributed by atoms with van der Waals surface area (Å²) in [4.78, 5) is 47.0. The van der Waals surface area contributed by atoms with Gasteiger partial charge in [0, 0.05) is 5.88 Å². The minimum Gasteiger partial charge on any atom is -0.467 e. The standard InChI is InChI=1S/C14H25ClN4O5S/c1-9(2)11(17-14(22)19(18-23)7-6-15)12(20)16-10(5-8-25-4)13(21)24-3/h9-11H,5-8H2,1-4H3,(H,16,20)(H,17,22)/t10-,11-/m0/s1. The van der Waals surface area contributed by atoms with Crippen molar-refractivity contribution in [2.24, 2.45) is 11.2 Å². The normalized spacial score (nSPS) is 12.9. The van der Waals surface area contributed by atoms with E-state index >= 15 is 0 Å². The Morgan fingerprint density at radius 3 is 2.36 bits per heavy atom. The Kier molecular flexibility index (Phi) is 12.0. The Morgan fingerprint density at radius 2 is 1.92 bits per heavy atom. The number of rotatable bonds is 11. The average Bonchev–Trinajstić information content (AvgIpc) is 2.59. The molecule has 0 spiro atoms. The van der Waals surface area contributed by atoms with Crippen LogP contribution in [-0.2, 0) is 14.3 Å². The SMILES string of the molecule is COC(=O)[C@H](CCSC)NC(=O)[C@@H](NC(=O)N(CCCl)N=O)C(C)C. The van der Waals surface area contributed by atoms with Crippen LogP contribution < -0.4 is 10.6 Å². The molecule has 0 aliphatic carbocycles. The number of carbonyl (C=O) groups is 3. The van der Waals surface area contributed by atoms with E-state index in [1.807, 2.05) is 6.26 Å². The van der Waals surface area contributed by atoms with E-state index in [1.165, 1.54) is 18.9 Å². The number of urea groups is 1. The number of carbonyl (C=O) groups excluding carboxylic acids is 3. The monoisotopic (exact) mass is 396 g/mol. The number of halogens is 1. The van der Waals surface area contributed by atoms with Gasteiger partial charge in [-0.2, -0.15) is 16.8 Å². The number of hydrogen-bond acceptors (Lipinski definition) is 7. The topological polar surface area (TPSA) is 117 Å². The molecular weight excluding hydrogens is 372 g/mol. The van der Waals surface area contributed by atoms with Gasteiger partial charge in [0.15, 0.2) is 0 Å². The Hall–Kier alpha value is -1.55. The third-order valence-electron chi connectivity index (χ3n) is 3.27. The molecule has 0 saturated carbocycles. The van der Waals surface area contributed by atoms with Gasteiger partial charge in [-0.05, 0) is 24.3 Å². The molecule has 0 unspecified atom stereocenters. The second kappa shape index (κ2) is 12.8. The van der Waals surface area contributed by atoms with E-state index in [0.717, 1.165) is 0 Å². The largest absolute Gasteiger partial charge is 0.467 e. The summed E-state index contributed by atoms with van der Waals surface area (Å²) >= 11 is 7.02. The van der Waals surface area contributed by atoms with E-state index in [0.29, 0.717) is 17.2 Å². The van der Waals surface area contributed by atoms with Crippen LogP contribution in [0.5, 0.6) is 0 Å². The molecule has 0 saturated heterocycles. The highest BCUT2D eigenvalue weighted by molar-refractivity contribution is 7.98. The molecule has 0 aliphatic heterocycles. The Labute approximate surface area is 156 Å². The molecule has 0 bridgehead atoms. The van der Waals surface area contributed by atoms with Gasteiger partial charge in [-0.3, -0.25) is 4.79 Å². The lowest BCUT2D eigenvalue weighted by atomic mass is 10.0. The lowest BCUT2D eigenvalue weighted by Crippen LogP contribution is -2.55. The molecule has 0 aliphatic rings. The number of hydrogen-bond donors (Lipinski definition) is 2. The highest BCUT2D eigenvalue weighted by Crippen LogP contribution is 2.07. The molecule has 2 N–H and O–H groups in total. The summed E-state index contributed by atoms with van der Waals surface area (Å²) in [5, 5.41) is 8.19. The van der Waals surface area contributed by atoms with Crippen molar-refractivity contribution in [2.75, 3.05) is 31.5 Å². The summed E-state index contributed by atoms with van der Waals surface area (Å²) in [5.74, 6) is -0.716. The third-order valence-corrected chi connectivity index (χ3v) is 4.08. The van der Waals surface area contributed by atoms with Crippen molar-refractivity contribution >= 4 is 41.3 Å². The number of ether oxygens (including phenoxy) is 1. The second-order valence-electron chi connectivity index (χ2n) is 5.43. The summed E-state index contributed by atoms with van der Waals surface area (Å²) in [6.07, 6.45) is 2.28. The minimum atomic E-state index is -0.950. The van der Waals surface area contributed by atoms with Gasteiger partial charge in [0.25, 0.3) is 0 Å². The molecule has 0 radical (unpaired) electrons. The number of methoxy groups -OCH3 is 1. The number of nitroso groups, excluding NO2 is 1. The van der Waals surface area contributed by atoms with Gasteiger partial charge in [0.1, 0.15) is 12.1 Å². The molecule has 9 nitrogen and oxygen atoms in total. The molecule has 0 fully saturated rings. The van der Waals surface area contributed by atoms with Crippen LogP contribution in [0.4, 0.5) is 4.79 Å². The molecular formula is C14H25ClN4O5S. The smallest absolute Gasteiger partial charge is 0.341 e. The maximum Gasteiger partial charge on any atom is 0.341 e. The summed E-state index contributed by atoms with van der Waals surface area (Å²) in [6.45, 7) is 3.36. The number of nitrogens with zero attached hydrogens (tertiary/aromatic N) is 2. The number of amides is 3. The number of esters is 1. The first-order chi connectivity index (χ1) is 11.8. The molecule has 0 heterocycles. The van der Waals surface area contributed by atoms with E-state index < -0.39 is 30.0 Å². The predicted octanol–water partition coefficient (Wildman–Crippen LogP) is 1.35. The van der Waals surface area contributed by atoms with Crippen molar-refractivity contribution in [1.29, 1.82) is 0 Å². The van der Waals surface area contributed by atoms with Gasteiger partial charge >= 0.3 is 12.0 Å². The van der Waals surface area contributed by atoms with Crippen molar-refractivity contribution in [3.8, 4) is 0 Å². The highest BCUT2D eigenvalue weighted by atomic mass is 35.5. The average molecular weight is 397 g/mol. The molecule has 0 aromatic carbocycles. The fourth-order valence-corrected chi connectivity index (χ4v) is 2.52. The lowest BCUT2D eigenvalue weighted by molar-refractivity contribution is -0.145. The Balaban J connectivity index is 5.05. The van der Waals surface area contributed by atoms with E-state index in [2.05, 4.69) is 20.7 Å². The Bertz CT molecular complexity index is 467. The van der Waals surface area contributed by atoms with Crippen molar-refractivity contribution in [2.45, 2.75) is 32.4 Å². The first-order valence-electron chi connectivity index (χ1n) is 7.66. The summed E-state index contributed by atoms with van der Waals surface area (Å²) in [6, 6.07) is -2.59. The number of nitrogens with one attached hydrogen (secondary N) is 2. The second-order valence-corrected chi connectivity index (χ2v) is 6.79. The lowest BCUT2D eigenvalue weighted by Gasteiger charge is -2.25. The Morgan fingerprint density at radius 1 is 1.28 bits per heavy atom. The van der Waals surface area contributed by atoms with Crippen LogP contribution in [-0.4, -0.2) is 66.5 Å². The molecule has 0 aromatic rings. The van der Waals surface area contributed by atoms with Crippen LogP contribution in [0.3, 0.4) is 0 Å². The van der Waals surface area contributed by atoms with Crippen LogP contribution in [0.1, 0.15) is 20.3 Å². The van der Waals surface area contributed by atoms with Crippen molar-refractivity contribution in [1.82, 2.24) is 15.6 Å². The predicted molar refractivity (Wildman–Crippen MR) is 97.3 cm³/mol. The first-order valence-corrected chi connectivity index (χ1v) is 9.59. The van der Waals surface area contributed by atoms with Gasteiger partial charge < -0.3 is 15.4 Å². The molecule has 0 rings (SSSR count). The van der Waals surface area contributed by atoms with Gasteiger partial charge in [0.05, 0.1) is 18.9 Å². The molecule has 3 amide bonds. The fraction of sp³-hybridized carbons (Fsp3) is 0.786. The van der Waals surface area contributed by atoms with Gasteiger partial charge in [-0.15, -0.1) is 16.5 Å². The zero-order valence-corrected chi connectivity index (χ0v) is 16.4. The summed E-state index contributed by atoms with van der Waals surface area (Å²) < 4.78 is 4.69. The van der Waals surface area contributed by atoms with Gasteiger partial charge in [-0.25, -0.2) is 9.59 Å². The minimum absolute atomic E-state index is 0.0246. The van der Waals surface area contributed by atoms with E-state index in [9.17, 15) is 19.3 Å². The zero-order valence-electron chi connectivity index (χ0n) is 14.8. The quantitative estimate of drug-likeness (QED) is 0.235. The number of alkyl halides is 1. The molecule has 144 valence electrons. The maximum absolute atomic E-state index is 12.5. The molecule has 25 heavy (non-hydrogen) atoms. The molecule has 0 aromatic heterocycles. The van der Waals surface area contributed by atoms with E-state index in [1.54, 1.807) is 13.8 Å². The fourth-order valence-electron chi connectivity index (χ4n) is 1.89. The molecule has 11 heteroatoms. The zero-order chi connectivity index (χ0) is 19.4. The molecule has 2 atom stereocenters. The van der Waals surface area contributed by atoms with Crippen LogP contribution in [0.25, 0.3) is 0 Å². The highest BCUT2D eigenvalue weighted by Gasteiger charge is 2.30. The maximum atomic E-state index is 12.5. The van der Waals surface area contributed by atoms with Gasteiger partial charge in [0.2, 0.25) is 5.91 Å². The van der Waals surface area contributed by atoms with Crippen LogP contribution >= 0.6 is 23.4 Å². The van der Waals surface area contributed by atoms with Crippen LogP contribution in [0.2, 0.25) is 0 Å². The number of thioether (sulfide) groups is 1. The summed E-state index contributed by atoms with van der Waals surface area (Å²) in [5.41, 5.74) is 0.